The number of amides is 1. The Morgan fingerprint density at radius 3 is 2.87 bits per heavy atom. The molecule has 8 nitrogen and oxygen atoms in total. The molecule has 0 radical (unpaired) electrons. The lowest BCUT2D eigenvalue weighted by atomic mass is 10.1. The van der Waals surface area contributed by atoms with Crippen molar-refractivity contribution in [2.45, 2.75) is 19.4 Å². The highest BCUT2D eigenvalue weighted by Gasteiger charge is 2.21. The summed E-state index contributed by atoms with van der Waals surface area (Å²) in [5, 5.41) is 26.6. The Morgan fingerprint density at radius 1 is 1.61 bits per heavy atom. The molecule has 0 aliphatic heterocycles. The van der Waals surface area contributed by atoms with Crippen LogP contribution >= 0.6 is 15.9 Å². The number of carbonyl (C=O) groups is 1. The summed E-state index contributed by atoms with van der Waals surface area (Å²) in [4.78, 5) is 22.6. The zero-order chi connectivity index (χ0) is 17.0. The number of nitrogens with one attached hydrogen (secondary N) is 1. The number of anilines is 1. The van der Waals surface area contributed by atoms with Gasteiger partial charge in [-0.25, -0.2) is 0 Å². The van der Waals surface area contributed by atoms with Gasteiger partial charge in [0.05, 0.1) is 26.8 Å². The number of nitro benzene ring substituents is 1. The Morgan fingerprint density at radius 2 is 2.35 bits per heavy atom. The third-order valence-electron chi connectivity index (χ3n) is 3.17. The van der Waals surface area contributed by atoms with E-state index in [1.54, 1.807) is 12.4 Å². The van der Waals surface area contributed by atoms with Crippen molar-refractivity contribution >= 4 is 33.2 Å². The predicted molar refractivity (Wildman–Crippen MR) is 85.7 cm³/mol. The van der Waals surface area contributed by atoms with Crippen LogP contribution in [0.3, 0.4) is 0 Å². The number of nitrogens with zero attached hydrogens (tertiary/aromatic N) is 4. The third kappa shape index (κ3) is 3.73. The van der Waals surface area contributed by atoms with E-state index in [0.717, 1.165) is 10.5 Å². The molecule has 0 fully saturated rings. The van der Waals surface area contributed by atoms with Crippen molar-refractivity contribution in [3.63, 3.8) is 0 Å². The second-order valence-electron chi connectivity index (χ2n) is 4.65. The maximum atomic E-state index is 12.4. The smallest absolute Gasteiger partial charge is 0.270 e. The Hall–Kier alpha value is -2.73. The van der Waals surface area contributed by atoms with E-state index in [4.69, 9.17) is 5.26 Å². The molecule has 1 atom stereocenters. The standard InChI is InChI=1S/C14H12BrN5O3/c1-2-13(19-8-10(15)7-17-19)14(21)18-12-4-3-11(20(22)23)5-9(12)6-16/h3-5,7-8,13H,2H2,1H3,(H,18,21). The lowest BCUT2D eigenvalue weighted by Crippen LogP contribution is -2.26. The van der Waals surface area contributed by atoms with E-state index in [1.807, 2.05) is 13.0 Å². The fourth-order valence-electron chi connectivity index (χ4n) is 2.04. The van der Waals surface area contributed by atoms with Crippen molar-refractivity contribution in [3.05, 3.63) is 50.7 Å². The van der Waals surface area contributed by atoms with Gasteiger partial charge in [0.15, 0.2) is 0 Å². The molecule has 1 unspecified atom stereocenters. The van der Waals surface area contributed by atoms with Crippen LogP contribution in [-0.4, -0.2) is 20.6 Å². The lowest BCUT2D eigenvalue weighted by Gasteiger charge is -2.16. The Balaban J connectivity index is 2.25. The highest BCUT2D eigenvalue weighted by molar-refractivity contribution is 9.10. The molecule has 1 aromatic carbocycles. The first-order chi connectivity index (χ1) is 11.0. The average Bonchev–Trinajstić information content (AvgIpc) is 2.94. The molecule has 2 rings (SSSR count). The van der Waals surface area contributed by atoms with Crippen molar-refractivity contribution in [2.24, 2.45) is 0 Å². The van der Waals surface area contributed by atoms with E-state index < -0.39 is 11.0 Å². The van der Waals surface area contributed by atoms with Crippen molar-refractivity contribution in [1.29, 1.82) is 5.26 Å². The minimum Gasteiger partial charge on any atom is -0.323 e. The van der Waals surface area contributed by atoms with Gasteiger partial charge in [-0.15, -0.1) is 0 Å². The fourth-order valence-corrected chi connectivity index (χ4v) is 2.34. The summed E-state index contributed by atoms with van der Waals surface area (Å²) >= 11 is 3.27. The van der Waals surface area contributed by atoms with Gasteiger partial charge in [0.25, 0.3) is 5.69 Å². The molecular formula is C14H12BrN5O3. The maximum absolute atomic E-state index is 12.4. The molecule has 1 heterocycles. The van der Waals surface area contributed by atoms with Crippen LogP contribution in [0.15, 0.2) is 35.1 Å². The van der Waals surface area contributed by atoms with Crippen LogP contribution in [0.25, 0.3) is 0 Å². The molecule has 1 N–H and O–H groups in total. The van der Waals surface area contributed by atoms with Crippen molar-refractivity contribution in [2.75, 3.05) is 5.32 Å². The van der Waals surface area contributed by atoms with E-state index in [-0.39, 0.29) is 22.8 Å². The molecule has 9 heteroatoms. The van der Waals surface area contributed by atoms with Crippen molar-refractivity contribution < 1.29 is 9.72 Å². The third-order valence-corrected chi connectivity index (χ3v) is 3.58. The first-order valence-corrected chi connectivity index (χ1v) is 7.44. The number of rotatable bonds is 5. The minimum absolute atomic E-state index is 0.0315. The molecule has 0 aliphatic rings. The van der Waals surface area contributed by atoms with E-state index in [9.17, 15) is 14.9 Å². The summed E-state index contributed by atoms with van der Waals surface area (Å²) in [6.07, 6.45) is 3.74. The topological polar surface area (TPSA) is 114 Å². The molecule has 23 heavy (non-hydrogen) atoms. The first kappa shape index (κ1) is 16.6. The largest absolute Gasteiger partial charge is 0.323 e. The van der Waals surface area contributed by atoms with Crippen LogP contribution in [0.5, 0.6) is 0 Å². The Labute approximate surface area is 140 Å². The maximum Gasteiger partial charge on any atom is 0.270 e. The van der Waals surface area contributed by atoms with Crippen LogP contribution in [0.1, 0.15) is 24.9 Å². The van der Waals surface area contributed by atoms with E-state index >= 15 is 0 Å². The summed E-state index contributed by atoms with van der Waals surface area (Å²) in [6, 6.07) is 5.01. The zero-order valence-electron chi connectivity index (χ0n) is 12.1. The number of benzene rings is 1. The molecular weight excluding hydrogens is 366 g/mol. The molecule has 0 aliphatic carbocycles. The van der Waals surface area contributed by atoms with Crippen LogP contribution in [0.4, 0.5) is 11.4 Å². The van der Waals surface area contributed by atoms with Gasteiger partial charge >= 0.3 is 0 Å². The Kier molecular flexibility index (Phi) is 5.08. The molecule has 0 bridgehead atoms. The number of non-ortho nitro benzene ring substituents is 1. The summed E-state index contributed by atoms with van der Waals surface area (Å²) in [7, 11) is 0. The normalized spacial score (nSPS) is 11.5. The van der Waals surface area contributed by atoms with Gasteiger partial charge in [-0.05, 0) is 28.4 Å². The number of hydrogen-bond acceptors (Lipinski definition) is 5. The average molecular weight is 378 g/mol. The molecule has 1 amide bonds. The van der Waals surface area contributed by atoms with E-state index in [2.05, 4.69) is 26.3 Å². The summed E-state index contributed by atoms with van der Waals surface area (Å²) in [5.41, 5.74) is 0.0550. The monoisotopic (exact) mass is 377 g/mol. The van der Waals surface area contributed by atoms with E-state index in [1.165, 1.54) is 16.8 Å². The zero-order valence-corrected chi connectivity index (χ0v) is 13.6. The minimum atomic E-state index is -0.595. The van der Waals surface area contributed by atoms with Crippen LogP contribution in [0.2, 0.25) is 0 Å². The van der Waals surface area contributed by atoms with Crippen molar-refractivity contribution in [3.8, 4) is 6.07 Å². The number of nitro groups is 1. The van der Waals surface area contributed by atoms with Gasteiger partial charge in [-0.1, -0.05) is 6.92 Å². The van der Waals surface area contributed by atoms with Gasteiger partial charge in [-0.3, -0.25) is 19.6 Å². The highest BCUT2D eigenvalue weighted by atomic mass is 79.9. The van der Waals surface area contributed by atoms with Gasteiger partial charge in [-0.2, -0.15) is 10.4 Å². The number of aromatic nitrogens is 2. The lowest BCUT2D eigenvalue weighted by molar-refractivity contribution is -0.384. The molecule has 2 aromatic rings. The predicted octanol–water partition coefficient (Wildman–Crippen LogP) is 3.02. The summed E-state index contributed by atoms with van der Waals surface area (Å²) in [6.45, 7) is 1.83. The number of halogens is 1. The molecule has 0 saturated carbocycles. The van der Waals surface area contributed by atoms with Crippen LogP contribution < -0.4 is 5.32 Å². The van der Waals surface area contributed by atoms with E-state index in [0.29, 0.717) is 6.42 Å². The Bertz CT molecular complexity index is 796. The van der Waals surface area contributed by atoms with Gasteiger partial charge in [0.1, 0.15) is 12.1 Å². The highest BCUT2D eigenvalue weighted by Crippen LogP contribution is 2.23. The molecule has 118 valence electrons. The summed E-state index contributed by atoms with van der Waals surface area (Å²) in [5.74, 6) is -0.353. The molecule has 0 spiro atoms. The molecule has 0 saturated heterocycles. The quantitative estimate of drug-likeness (QED) is 0.635. The summed E-state index contributed by atoms with van der Waals surface area (Å²) < 4.78 is 2.26. The SMILES string of the molecule is CCC(C(=O)Nc1ccc([N+](=O)[O-])cc1C#N)n1cc(Br)cn1. The fraction of sp³-hybridized carbons (Fsp3) is 0.214. The van der Waals surface area contributed by atoms with Crippen molar-refractivity contribution in [1.82, 2.24) is 9.78 Å². The van der Waals surface area contributed by atoms with Gasteiger partial charge in [0.2, 0.25) is 5.91 Å². The number of carbonyl (C=O) groups excluding carboxylic acids is 1. The van der Waals surface area contributed by atoms with Gasteiger partial charge in [0, 0.05) is 18.3 Å². The van der Waals surface area contributed by atoms with Crippen LogP contribution in [0, 0.1) is 21.4 Å². The van der Waals surface area contributed by atoms with Crippen LogP contribution in [-0.2, 0) is 4.79 Å². The second kappa shape index (κ2) is 7.02. The first-order valence-electron chi connectivity index (χ1n) is 6.65. The second-order valence-corrected chi connectivity index (χ2v) is 5.57. The number of hydrogen-bond donors (Lipinski definition) is 1. The van der Waals surface area contributed by atoms with Gasteiger partial charge < -0.3 is 5.32 Å². The number of nitriles is 1. The molecule has 1 aromatic heterocycles.